The maximum Gasteiger partial charge on any atom is 0.286 e. The highest BCUT2D eigenvalue weighted by molar-refractivity contribution is 8.26. The molecular weight excluding hydrogens is 382 g/mol. The molecule has 2 aromatic rings. The zero-order chi connectivity index (χ0) is 19.2. The third kappa shape index (κ3) is 4.55. The minimum Gasteiger partial charge on any atom is -0.266 e. The number of carbonyl (C=O) groups is 1. The van der Waals surface area contributed by atoms with E-state index in [9.17, 15) is 14.9 Å². The van der Waals surface area contributed by atoms with Crippen molar-refractivity contribution < 1.29 is 9.72 Å². The molecule has 2 aromatic carbocycles. The van der Waals surface area contributed by atoms with E-state index in [1.165, 1.54) is 18.4 Å². The van der Waals surface area contributed by atoms with E-state index in [-0.39, 0.29) is 10.0 Å². The van der Waals surface area contributed by atoms with Gasteiger partial charge in [-0.15, -0.1) is 0 Å². The molecule has 0 atom stereocenters. The summed E-state index contributed by atoms with van der Waals surface area (Å²) in [7, 11) is 0. The van der Waals surface area contributed by atoms with Crippen molar-refractivity contribution in [1.29, 1.82) is 0 Å². The van der Waals surface area contributed by atoms with Crippen LogP contribution < -0.4 is 0 Å². The maximum atomic E-state index is 12.5. The molecule has 1 heterocycles. The maximum absolute atomic E-state index is 12.5. The summed E-state index contributed by atoms with van der Waals surface area (Å²) >= 11 is 6.25. The summed E-state index contributed by atoms with van der Waals surface area (Å²) in [5.41, 5.74) is 1.28. The van der Waals surface area contributed by atoms with Gasteiger partial charge in [-0.1, -0.05) is 60.3 Å². The molecule has 8 heteroatoms. The van der Waals surface area contributed by atoms with E-state index >= 15 is 0 Å². The first-order valence-electron chi connectivity index (χ1n) is 7.83. The van der Waals surface area contributed by atoms with E-state index in [2.05, 4.69) is 5.10 Å². The summed E-state index contributed by atoms with van der Waals surface area (Å²) in [6.45, 7) is 0. The Bertz CT molecular complexity index is 985. The molecule has 134 valence electrons. The van der Waals surface area contributed by atoms with Gasteiger partial charge in [-0.3, -0.25) is 14.9 Å². The van der Waals surface area contributed by atoms with Crippen LogP contribution in [0.25, 0.3) is 12.2 Å². The van der Waals surface area contributed by atoms with E-state index in [4.69, 9.17) is 12.2 Å². The Balaban J connectivity index is 1.76. The third-order valence-corrected chi connectivity index (χ3v) is 4.83. The van der Waals surface area contributed by atoms with E-state index in [0.29, 0.717) is 10.5 Å². The van der Waals surface area contributed by atoms with Gasteiger partial charge in [0.2, 0.25) is 0 Å². The fourth-order valence-electron chi connectivity index (χ4n) is 2.30. The van der Waals surface area contributed by atoms with Crippen LogP contribution in [0, 0.1) is 10.1 Å². The lowest BCUT2D eigenvalue weighted by Crippen LogP contribution is -2.21. The highest BCUT2D eigenvalue weighted by Gasteiger charge is 2.32. The standard InChI is InChI=1S/C19H13N3O3S2/c23-18-17(13-15-10-4-5-11-16(15)22(24)25)27-19(26)21(18)20-12-6-9-14-7-2-1-3-8-14/h1-13H/b9-6-,17-13+,20-12+. The van der Waals surface area contributed by atoms with Crippen molar-refractivity contribution >= 4 is 58.3 Å². The number of carbonyl (C=O) groups excluding carboxylic acids is 1. The van der Waals surface area contributed by atoms with Gasteiger partial charge in [0.15, 0.2) is 4.32 Å². The number of allylic oxidation sites excluding steroid dienone is 1. The Kier molecular flexibility index (Phi) is 5.90. The molecule has 1 saturated heterocycles. The van der Waals surface area contributed by atoms with Gasteiger partial charge in [-0.25, -0.2) is 0 Å². The average Bonchev–Trinajstić information content (AvgIpc) is 2.93. The van der Waals surface area contributed by atoms with Crippen molar-refractivity contribution in [1.82, 2.24) is 5.01 Å². The monoisotopic (exact) mass is 395 g/mol. The van der Waals surface area contributed by atoms with Crippen LogP contribution in [-0.4, -0.2) is 26.4 Å². The summed E-state index contributed by atoms with van der Waals surface area (Å²) in [6, 6.07) is 15.9. The number of hydrogen-bond donors (Lipinski definition) is 0. The lowest BCUT2D eigenvalue weighted by atomic mass is 10.1. The molecule has 1 aliphatic heterocycles. The van der Waals surface area contributed by atoms with Crippen molar-refractivity contribution in [2.45, 2.75) is 0 Å². The zero-order valence-corrected chi connectivity index (χ0v) is 15.5. The molecular formula is C19H13N3O3S2. The lowest BCUT2D eigenvalue weighted by Gasteiger charge is -2.04. The number of benzene rings is 2. The van der Waals surface area contributed by atoms with Crippen LogP contribution >= 0.6 is 24.0 Å². The van der Waals surface area contributed by atoms with Gasteiger partial charge < -0.3 is 0 Å². The van der Waals surface area contributed by atoms with Crippen molar-refractivity contribution in [2.24, 2.45) is 5.10 Å². The highest BCUT2D eigenvalue weighted by Crippen LogP contribution is 2.34. The Hall–Kier alpha value is -3.10. The fraction of sp³-hybridized carbons (Fsp3) is 0. The third-order valence-electron chi connectivity index (χ3n) is 3.55. The highest BCUT2D eigenvalue weighted by atomic mass is 32.2. The topological polar surface area (TPSA) is 75.8 Å². The summed E-state index contributed by atoms with van der Waals surface area (Å²) < 4.78 is 0.272. The number of thiocarbonyl (C=S) groups is 1. The number of hydrazone groups is 1. The van der Waals surface area contributed by atoms with Gasteiger partial charge in [0.25, 0.3) is 11.6 Å². The van der Waals surface area contributed by atoms with Gasteiger partial charge in [-0.05, 0) is 36.0 Å². The first-order valence-corrected chi connectivity index (χ1v) is 9.06. The Morgan fingerprint density at radius 3 is 2.56 bits per heavy atom. The minimum absolute atomic E-state index is 0.0722. The quantitative estimate of drug-likeness (QED) is 0.245. The van der Waals surface area contributed by atoms with Crippen molar-refractivity contribution in [3.05, 3.63) is 86.8 Å². The predicted molar refractivity (Wildman–Crippen MR) is 112 cm³/mol. The van der Waals surface area contributed by atoms with E-state index in [1.54, 1.807) is 24.3 Å². The van der Waals surface area contributed by atoms with Gasteiger partial charge >= 0.3 is 0 Å². The molecule has 1 fully saturated rings. The number of nitro groups is 1. The van der Waals surface area contributed by atoms with Crippen LogP contribution in [0.4, 0.5) is 5.69 Å². The molecule has 6 nitrogen and oxygen atoms in total. The SMILES string of the molecule is O=C1/C(=C\c2ccccc2[N+](=O)[O-])SC(=S)N1/N=C/C=C\c1ccccc1. The van der Waals surface area contributed by atoms with Gasteiger partial charge in [0.1, 0.15) is 0 Å². The first kappa shape index (κ1) is 18.7. The lowest BCUT2D eigenvalue weighted by molar-refractivity contribution is -0.385. The molecule has 0 N–H and O–H groups in total. The summed E-state index contributed by atoms with van der Waals surface area (Å²) in [4.78, 5) is 23.4. The molecule has 0 unspecified atom stereocenters. The van der Waals surface area contributed by atoms with Crippen molar-refractivity contribution in [3.8, 4) is 0 Å². The molecule has 0 radical (unpaired) electrons. The van der Waals surface area contributed by atoms with E-state index in [1.807, 2.05) is 36.4 Å². The second-order valence-corrected chi connectivity index (χ2v) is 7.02. The molecule has 0 aromatic heterocycles. The number of nitrogens with zero attached hydrogens (tertiary/aromatic N) is 3. The molecule has 1 aliphatic rings. The summed E-state index contributed by atoms with van der Waals surface area (Å²) in [5, 5.41) is 16.3. The number of para-hydroxylation sites is 1. The van der Waals surface area contributed by atoms with Crippen molar-refractivity contribution in [3.63, 3.8) is 0 Å². The Labute approximate surface area is 165 Å². The number of thioether (sulfide) groups is 1. The molecule has 0 spiro atoms. The molecule has 3 rings (SSSR count). The van der Waals surface area contributed by atoms with Crippen LogP contribution in [0.3, 0.4) is 0 Å². The molecule has 0 aliphatic carbocycles. The number of rotatable bonds is 5. The normalized spacial score (nSPS) is 16.1. The second-order valence-electron chi connectivity index (χ2n) is 5.34. The van der Waals surface area contributed by atoms with Gasteiger partial charge in [0.05, 0.1) is 15.4 Å². The van der Waals surface area contributed by atoms with E-state index in [0.717, 1.165) is 22.3 Å². The number of hydrogen-bond acceptors (Lipinski definition) is 6. The van der Waals surface area contributed by atoms with E-state index < -0.39 is 10.8 Å². The molecule has 0 bridgehead atoms. The second kappa shape index (κ2) is 8.52. The van der Waals surface area contributed by atoms with Gasteiger partial charge in [0, 0.05) is 12.3 Å². The largest absolute Gasteiger partial charge is 0.286 e. The smallest absolute Gasteiger partial charge is 0.266 e. The summed E-state index contributed by atoms with van der Waals surface area (Å²) in [6.07, 6.45) is 6.50. The van der Waals surface area contributed by atoms with Crippen LogP contribution in [-0.2, 0) is 4.79 Å². The van der Waals surface area contributed by atoms with Crippen LogP contribution in [0.5, 0.6) is 0 Å². The Morgan fingerprint density at radius 2 is 1.81 bits per heavy atom. The van der Waals surface area contributed by atoms with Crippen molar-refractivity contribution in [2.75, 3.05) is 0 Å². The molecule has 27 heavy (non-hydrogen) atoms. The minimum atomic E-state index is -0.487. The van der Waals surface area contributed by atoms with Crippen LogP contribution in [0.15, 0.2) is 70.7 Å². The average molecular weight is 395 g/mol. The van der Waals surface area contributed by atoms with Gasteiger partial charge in [-0.2, -0.15) is 10.1 Å². The molecule has 0 saturated carbocycles. The Morgan fingerprint density at radius 1 is 1.11 bits per heavy atom. The molecule has 1 amide bonds. The number of nitro benzene ring substituents is 1. The fourth-order valence-corrected chi connectivity index (χ4v) is 3.46. The first-order chi connectivity index (χ1) is 13.1. The van der Waals surface area contributed by atoms with Crippen LogP contribution in [0.1, 0.15) is 11.1 Å². The van der Waals surface area contributed by atoms with Crippen LogP contribution in [0.2, 0.25) is 0 Å². The predicted octanol–water partition coefficient (Wildman–Crippen LogP) is 4.50. The summed E-state index contributed by atoms with van der Waals surface area (Å²) in [5.74, 6) is -0.410. The number of amides is 1. The zero-order valence-electron chi connectivity index (χ0n) is 13.9.